The summed E-state index contributed by atoms with van der Waals surface area (Å²) < 4.78 is 0. The zero-order valence-corrected chi connectivity index (χ0v) is 15.4. The summed E-state index contributed by atoms with van der Waals surface area (Å²) in [7, 11) is 0. The van der Waals surface area contributed by atoms with Gasteiger partial charge in [-0.3, -0.25) is 24.2 Å². The standard InChI is InChI=1S/C16H30N6O5/c17-11-19-7-3-4-12(18)16(27)22-10-14(24)21-9-2-1-8-20-13(23)5-6-15(25)26/h11-12H,1-10,18H2,(H2,17,19)(H,20,23)(H,21,24)(H,22,27)(H,25,26)/t12-/m0/s1. The summed E-state index contributed by atoms with van der Waals surface area (Å²) in [6.07, 6.45) is 3.31. The molecule has 11 nitrogen and oxygen atoms in total. The maximum absolute atomic E-state index is 11.7. The molecule has 0 aliphatic heterocycles. The summed E-state index contributed by atoms with van der Waals surface area (Å²) in [4.78, 5) is 48.8. The Bertz CT molecular complexity index is 512. The first kappa shape index (κ1) is 24.3. The van der Waals surface area contributed by atoms with Gasteiger partial charge < -0.3 is 32.5 Å². The minimum atomic E-state index is -1.01. The van der Waals surface area contributed by atoms with Gasteiger partial charge in [-0.2, -0.15) is 0 Å². The van der Waals surface area contributed by atoms with E-state index in [0.29, 0.717) is 45.3 Å². The third-order valence-corrected chi connectivity index (χ3v) is 3.48. The van der Waals surface area contributed by atoms with E-state index in [2.05, 4.69) is 20.9 Å². The minimum absolute atomic E-state index is 0.0475. The molecule has 0 fully saturated rings. The minimum Gasteiger partial charge on any atom is -0.481 e. The summed E-state index contributed by atoms with van der Waals surface area (Å²) in [5, 5.41) is 16.2. The lowest BCUT2D eigenvalue weighted by Crippen LogP contribution is -2.45. The average Bonchev–Trinajstić information content (AvgIpc) is 2.64. The monoisotopic (exact) mass is 386 g/mol. The Labute approximate surface area is 158 Å². The number of nitrogens with one attached hydrogen (secondary N) is 3. The molecule has 0 rings (SSSR count). The molecule has 11 heteroatoms. The summed E-state index contributed by atoms with van der Waals surface area (Å²) in [5.74, 6) is -2.04. The van der Waals surface area contributed by atoms with Gasteiger partial charge in [0.2, 0.25) is 17.7 Å². The summed E-state index contributed by atoms with van der Waals surface area (Å²) >= 11 is 0. The van der Waals surface area contributed by atoms with Crippen molar-refractivity contribution in [3.8, 4) is 0 Å². The van der Waals surface area contributed by atoms with Crippen molar-refractivity contribution in [3.05, 3.63) is 0 Å². The molecule has 1 atom stereocenters. The molecule has 3 amide bonds. The molecule has 0 radical (unpaired) electrons. The molecule has 0 bridgehead atoms. The van der Waals surface area contributed by atoms with Gasteiger partial charge in [0.1, 0.15) is 0 Å². The maximum Gasteiger partial charge on any atom is 0.303 e. The first-order valence-corrected chi connectivity index (χ1v) is 8.85. The molecular formula is C16H30N6O5. The Morgan fingerprint density at radius 2 is 1.59 bits per heavy atom. The van der Waals surface area contributed by atoms with E-state index in [1.807, 2.05) is 0 Å². The highest BCUT2D eigenvalue weighted by atomic mass is 16.4. The van der Waals surface area contributed by atoms with E-state index in [4.69, 9.17) is 16.6 Å². The Hall–Kier alpha value is -2.69. The largest absolute Gasteiger partial charge is 0.481 e. The Morgan fingerprint density at radius 1 is 0.963 bits per heavy atom. The first-order chi connectivity index (χ1) is 12.9. The van der Waals surface area contributed by atoms with Crippen molar-refractivity contribution in [1.29, 1.82) is 0 Å². The fourth-order valence-corrected chi connectivity index (χ4v) is 1.98. The second-order valence-corrected chi connectivity index (χ2v) is 5.82. The molecule has 27 heavy (non-hydrogen) atoms. The number of hydrogen-bond donors (Lipinski definition) is 6. The SMILES string of the molecule is NC=NCCC[C@H](N)C(=O)NCC(=O)NCCCCNC(=O)CCC(=O)O. The van der Waals surface area contributed by atoms with Crippen molar-refractivity contribution < 1.29 is 24.3 Å². The molecule has 0 aromatic rings. The third kappa shape index (κ3) is 15.3. The van der Waals surface area contributed by atoms with Gasteiger partial charge in [0, 0.05) is 26.1 Å². The van der Waals surface area contributed by atoms with Crippen LogP contribution in [0.2, 0.25) is 0 Å². The number of carboxylic acid groups (broad SMARTS) is 1. The van der Waals surface area contributed by atoms with Gasteiger partial charge in [-0.05, 0) is 25.7 Å². The third-order valence-electron chi connectivity index (χ3n) is 3.48. The van der Waals surface area contributed by atoms with E-state index in [1.165, 1.54) is 6.34 Å². The first-order valence-electron chi connectivity index (χ1n) is 8.85. The second kappa shape index (κ2) is 15.6. The van der Waals surface area contributed by atoms with Gasteiger partial charge in [-0.25, -0.2) is 0 Å². The number of carboxylic acids is 1. The van der Waals surface area contributed by atoms with E-state index < -0.39 is 17.9 Å². The smallest absolute Gasteiger partial charge is 0.303 e. The number of unbranched alkanes of at least 4 members (excludes halogenated alkanes) is 1. The van der Waals surface area contributed by atoms with Gasteiger partial charge in [-0.15, -0.1) is 0 Å². The number of carbonyl (C=O) groups is 4. The second-order valence-electron chi connectivity index (χ2n) is 5.82. The predicted octanol–water partition coefficient (Wildman–Crippen LogP) is -1.93. The van der Waals surface area contributed by atoms with E-state index in [1.54, 1.807) is 0 Å². The van der Waals surface area contributed by atoms with Crippen LogP contribution < -0.4 is 27.4 Å². The van der Waals surface area contributed by atoms with Crippen LogP contribution in [0.3, 0.4) is 0 Å². The fraction of sp³-hybridized carbons (Fsp3) is 0.688. The Kier molecular flexibility index (Phi) is 14.0. The predicted molar refractivity (Wildman–Crippen MR) is 99.9 cm³/mol. The van der Waals surface area contributed by atoms with Gasteiger partial charge >= 0.3 is 5.97 Å². The van der Waals surface area contributed by atoms with Gasteiger partial charge in [0.15, 0.2) is 0 Å². The molecule has 0 aliphatic carbocycles. The number of nitrogens with two attached hydrogens (primary N) is 2. The normalized spacial score (nSPS) is 11.7. The summed E-state index contributed by atoms with van der Waals surface area (Å²) in [6, 6.07) is -0.699. The molecule has 0 aliphatic rings. The topological polar surface area (TPSA) is 189 Å². The van der Waals surface area contributed by atoms with Crippen LogP contribution in [-0.4, -0.2) is 67.4 Å². The zero-order valence-electron chi connectivity index (χ0n) is 15.4. The number of nitrogens with zero attached hydrogens (tertiary/aromatic N) is 1. The number of rotatable bonds is 15. The van der Waals surface area contributed by atoms with Crippen LogP contribution in [0.25, 0.3) is 0 Å². The van der Waals surface area contributed by atoms with Crippen LogP contribution in [-0.2, 0) is 19.2 Å². The van der Waals surface area contributed by atoms with E-state index >= 15 is 0 Å². The number of carbonyl (C=O) groups excluding carboxylic acids is 3. The van der Waals surface area contributed by atoms with Crippen LogP contribution >= 0.6 is 0 Å². The summed E-state index contributed by atoms with van der Waals surface area (Å²) in [6.45, 7) is 1.16. The molecule has 0 saturated heterocycles. The number of aliphatic carboxylic acids is 1. The van der Waals surface area contributed by atoms with E-state index in [9.17, 15) is 19.2 Å². The molecule has 0 unspecified atom stereocenters. The van der Waals surface area contributed by atoms with Crippen molar-refractivity contribution in [2.75, 3.05) is 26.2 Å². The highest BCUT2D eigenvalue weighted by Gasteiger charge is 2.13. The van der Waals surface area contributed by atoms with Crippen LogP contribution in [0.1, 0.15) is 38.5 Å². The lowest BCUT2D eigenvalue weighted by Gasteiger charge is -2.11. The zero-order chi connectivity index (χ0) is 20.5. The Morgan fingerprint density at radius 3 is 2.19 bits per heavy atom. The van der Waals surface area contributed by atoms with Crippen LogP contribution in [0.15, 0.2) is 4.99 Å². The number of amides is 3. The molecular weight excluding hydrogens is 356 g/mol. The molecule has 0 aromatic heterocycles. The average molecular weight is 386 g/mol. The number of hydrogen-bond acceptors (Lipinski definition) is 6. The highest BCUT2D eigenvalue weighted by Crippen LogP contribution is 1.95. The lowest BCUT2D eigenvalue weighted by molar-refractivity contribution is -0.138. The maximum atomic E-state index is 11.7. The van der Waals surface area contributed by atoms with Crippen molar-refractivity contribution in [1.82, 2.24) is 16.0 Å². The van der Waals surface area contributed by atoms with Crippen molar-refractivity contribution in [3.63, 3.8) is 0 Å². The number of aliphatic imine (C=N–C) groups is 1. The summed E-state index contributed by atoms with van der Waals surface area (Å²) in [5.41, 5.74) is 10.8. The van der Waals surface area contributed by atoms with E-state index in [-0.39, 0.29) is 31.2 Å². The van der Waals surface area contributed by atoms with Crippen LogP contribution in [0.5, 0.6) is 0 Å². The molecule has 154 valence electrons. The van der Waals surface area contributed by atoms with Gasteiger partial charge in [0.25, 0.3) is 0 Å². The lowest BCUT2D eigenvalue weighted by atomic mass is 10.1. The van der Waals surface area contributed by atoms with Gasteiger partial charge in [0.05, 0.1) is 25.3 Å². The molecule has 8 N–H and O–H groups in total. The quantitative estimate of drug-likeness (QED) is 0.107. The molecule has 0 heterocycles. The van der Waals surface area contributed by atoms with Crippen LogP contribution in [0.4, 0.5) is 0 Å². The Balaban J connectivity index is 3.64. The van der Waals surface area contributed by atoms with Gasteiger partial charge in [-0.1, -0.05) is 0 Å². The fourth-order valence-electron chi connectivity index (χ4n) is 1.98. The molecule has 0 spiro atoms. The van der Waals surface area contributed by atoms with Crippen molar-refractivity contribution in [2.24, 2.45) is 16.5 Å². The van der Waals surface area contributed by atoms with Crippen molar-refractivity contribution >= 4 is 30.0 Å². The highest BCUT2D eigenvalue weighted by molar-refractivity contribution is 5.87. The van der Waals surface area contributed by atoms with E-state index in [0.717, 1.165) is 0 Å². The van der Waals surface area contributed by atoms with Crippen LogP contribution in [0, 0.1) is 0 Å². The molecule has 0 aromatic carbocycles. The van der Waals surface area contributed by atoms with Crippen molar-refractivity contribution in [2.45, 2.75) is 44.6 Å². The molecule has 0 saturated carbocycles.